The summed E-state index contributed by atoms with van der Waals surface area (Å²) in [6.45, 7) is 2.64. The van der Waals surface area contributed by atoms with Gasteiger partial charge in [-0.2, -0.15) is 0 Å². The first kappa shape index (κ1) is 17.2. The maximum absolute atomic E-state index is 11.7. The van der Waals surface area contributed by atoms with Gasteiger partial charge in [0, 0.05) is 18.5 Å². The highest BCUT2D eigenvalue weighted by atomic mass is 16.1. The van der Waals surface area contributed by atoms with Crippen LogP contribution in [0.25, 0.3) is 0 Å². The molecule has 0 aliphatic rings. The largest absolute Gasteiger partial charge is 0.366 e. The van der Waals surface area contributed by atoms with Gasteiger partial charge in [0.1, 0.15) is 0 Å². The van der Waals surface area contributed by atoms with E-state index in [4.69, 9.17) is 5.73 Å². The second kappa shape index (κ2) is 9.97. The molecular weight excluding hydrogens is 264 g/mol. The number of unbranched alkanes of at least 4 members (excludes halogenated alkanes) is 5. The van der Waals surface area contributed by atoms with E-state index in [1.165, 1.54) is 25.7 Å². The van der Waals surface area contributed by atoms with E-state index >= 15 is 0 Å². The Bertz CT molecular complexity index is 458. The molecule has 0 heterocycles. The Morgan fingerprint density at radius 1 is 1.10 bits per heavy atom. The molecule has 0 aromatic heterocycles. The lowest BCUT2D eigenvalue weighted by molar-refractivity contribution is -0.121. The van der Waals surface area contributed by atoms with Gasteiger partial charge < -0.3 is 11.1 Å². The molecule has 0 atom stereocenters. The van der Waals surface area contributed by atoms with E-state index in [0.29, 0.717) is 18.5 Å². The fourth-order valence-electron chi connectivity index (χ4n) is 2.19. The van der Waals surface area contributed by atoms with Gasteiger partial charge in [-0.25, -0.2) is 0 Å². The molecule has 21 heavy (non-hydrogen) atoms. The van der Waals surface area contributed by atoms with E-state index in [9.17, 15) is 9.59 Å². The van der Waals surface area contributed by atoms with Gasteiger partial charge in [-0.15, -0.1) is 0 Å². The summed E-state index contributed by atoms with van der Waals surface area (Å²) in [5.74, 6) is -0.384. The third-order valence-corrected chi connectivity index (χ3v) is 3.46. The van der Waals surface area contributed by atoms with Gasteiger partial charge in [-0.1, -0.05) is 51.2 Å². The number of carbonyl (C=O) groups excluding carboxylic acids is 2. The van der Waals surface area contributed by atoms with Crippen molar-refractivity contribution in [2.75, 3.05) is 0 Å². The summed E-state index contributed by atoms with van der Waals surface area (Å²) in [6.07, 6.45) is 7.62. The Hall–Kier alpha value is -1.84. The molecule has 1 aromatic rings. The fourth-order valence-corrected chi connectivity index (χ4v) is 2.19. The zero-order chi connectivity index (χ0) is 15.5. The van der Waals surface area contributed by atoms with Crippen molar-refractivity contribution < 1.29 is 9.59 Å². The lowest BCUT2D eigenvalue weighted by Crippen LogP contribution is -2.22. The maximum atomic E-state index is 11.7. The highest BCUT2D eigenvalue weighted by molar-refractivity contribution is 5.92. The average Bonchev–Trinajstić information content (AvgIpc) is 2.49. The predicted octanol–water partition coefficient (Wildman–Crippen LogP) is 3.15. The van der Waals surface area contributed by atoms with Crippen LogP contribution < -0.4 is 11.1 Å². The minimum atomic E-state index is -0.449. The summed E-state index contributed by atoms with van der Waals surface area (Å²) in [5.41, 5.74) is 6.59. The van der Waals surface area contributed by atoms with Gasteiger partial charge in [-0.3, -0.25) is 9.59 Å². The van der Waals surface area contributed by atoms with Crippen molar-refractivity contribution in [3.05, 3.63) is 35.4 Å². The maximum Gasteiger partial charge on any atom is 0.248 e. The van der Waals surface area contributed by atoms with Gasteiger partial charge in [0.25, 0.3) is 0 Å². The Morgan fingerprint density at radius 2 is 1.81 bits per heavy atom. The van der Waals surface area contributed by atoms with Gasteiger partial charge in [0.2, 0.25) is 11.8 Å². The van der Waals surface area contributed by atoms with Crippen LogP contribution in [0.15, 0.2) is 24.3 Å². The van der Waals surface area contributed by atoms with E-state index in [0.717, 1.165) is 18.4 Å². The standard InChI is InChI=1S/C17H26N2O2/c1-2-3-4-5-6-7-11-16(20)19-13-14-9-8-10-15(12-14)17(18)21/h8-10,12H,2-7,11,13H2,1H3,(H2,18,21)(H,19,20). The molecule has 0 spiro atoms. The molecule has 2 amide bonds. The van der Waals surface area contributed by atoms with Crippen LogP contribution in [0.5, 0.6) is 0 Å². The molecule has 4 nitrogen and oxygen atoms in total. The van der Waals surface area contributed by atoms with Crippen LogP contribution in [0.1, 0.15) is 67.8 Å². The average molecular weight is 290 g/mol. The summed E-state index contributed by atoms with van der Waals surface area (Å²) < 4.78 is 0. The molecule has 0 radical (unpaired) electrons. The van der Waals surface area contributed by atoms with Gasteiger partial charge in [0.15, 0.2) is 0 Å². The SMILES string of the molecule is CCCCCCCCC(=O)NCc1cccc(C(N)=O)c1. The van der Waals surface area contributed by atoms with E-state index in [2.05, 4.69) is 12.2 Å². The van der Waals surface area contributed by atoms with E-state index in [1.54, 1.807) is 18.2 Å². The summed E-state index contributed by atoms with van der Waals surface area (Å²) in [7, 11) is 0. The third-order valence-electron chi connectivity index (χ3n) is 3.46. The zero-order valence-corrected chi connectivity index (χ0v) is 12.9. The van der Waals surface area contributed by atoms with Gasteiger partial charge >= 0.3 is 0 Å². The highest BCUT2D eigenvalue weighted by Gasteiger charge is 2.04. The van der Waals surface area contributed by atoms with Crippen LogP contribution in [0.4, 0.5) is 0 Å². The Morgan fingerprint density at radius 3 is 2.52 bits per heavy atom. The second-order valence-electron chi connectivity index (χ2n) is 5.36. The van der Waals surface area contributed by atoms with Crippen LogP contribution in [-0.2, 0) is 11.3 Å². The van der Waals surface area contributed by atoms with Crippen LogP contribution in [0, 0.1) is 0 Å². The summed E-state index contributed by atoms with van der Waals surface area (Å²) >= 11 is 0. The molecule has 0 aliphatic carbocycles. The van der Waals surface area contributed by atoms with Crippen molar-refractivity contribution in [2.24, 2.45) is 5.73 Å². The van der Waals surface area contributed by atoms with Crippen molar-refractivity contribution in [1.82, 2.24) is 5.32 Å². The van der Waals surface area contributed by atoms with Crippen molar-refractivity contribution >= 4 is 11.8 Å². The number of primary amides is 1. The minimum absolute atomic E-state index is 0.0648. The molecule has 0 aliphatic heterocycles. The van der Waals surface area contributed by atoms with Crippen LogP contribution in [-0.4, -0.2) is 11.8 Å². The number of hydrogen-bond acceptors (Lipinski definition) is 2. The van der Waals surface area contributed by atoms with Crippen molar-refractivity contribution in [1.29, 1.82) is 0 Å². The van der Waals surface area contributed by atoms with E-state index in [-0.39, 0.29) is 5.91 Å². The summed E-state index contributed by atoms with van der Waals surface area (Å²) in [6, 6.07) is 7.03. The normalized spacial score (nSPS) is 10.3. The molecule has 1 rings (SSSR count). The van der Waals surface area contributed by atoms with Crippen molar-refractivity contribution in [3.8, 4) is 0 Å². The minimum Gasteiger partial charge on any atom is -0.366 e. The van der Waals surface area contributed by atoms with Gasteiger partial charge in [-0.05, 0) is 24.1 Å². The number of nitrogens with one attached hydrogen (secondary N) is 1. The molecule has 1 aromatic carbocycles. The van der Waals surface area contributed by atoms with Crippen LogP contribution in [0.2, 0.25) is 0 Å². The number of hydrogen-bond donors (Lipinski definition) is 2. The molecule has 0 saturated carbocycles. The van der Waals surface area contributed by atoms with Crippen LogP contribution >= 0.6 is 0 Å². The van der Waals surface area contributed by atoms with Crippen molar-refractivity contribution in [3.63, 3.8) is 0 Å². The molecular formula is C17H26N2O2. The Labute approximate surface area is 127 Å². The first-order valence-corrected chi connectivity index (χ1v) is 7.79. The quantitative estimate of drug-likeness (QED) is 0.650. The predicted molar refractivity (Wildman–Crippen MR) is 84.8 cm³/mol. The number of nitrogens with two attached hydrogens (primary N) is 1. The molecule has 3 N–H and O–H groups in total. The number of rotatable bonds is 10. The number of amides is 2. The molecule has 0 fully saturated rings. The van der Waals surface area contributed by atoms with Gasteiger partial charge in [0.05, 0.1) is 0 Å². The Kier molecular flexibility index (Phi) is 8.17. The Balaban J connectivity index is 2.21. The zero-order valence-electron chi connectivity index (χ0n) is 12.9. The number of carbonyl (C=O) groups is 2. The second-order valence-corrected chi connectivity index (χ2v) is 5.36. The molecule has 4 heteroatoms. The topological polar surface area (TPSA) is 72.2 Å². The fraction of sp³-hybridized carbons (Fsp3) is 0.529. The highest BCUT2D eigenvalue weighted by Crippen LogP contribution is 2.07. The van der Waals surface area contributed by atoms with E-state index < -0.39 is 5.91 Å². The monoisotopic (exact) mass is 290 g/mol. The molecule has 0 saturated heterocycles. The van der Waals surface area contributed by atoms with E-state index in [1.807, 2.05) is 6.07 Å². The summed E-state index contributed by atoms with van der Waals surface area (Å²) in [5, 5.41) is 2.88. The van der Waals surface area contributed by atoms with Crippen molar-refractivity contribution in [2.45, 2.75) is 58.4 Å². The van der Waals surface area contributed by atoms with Crippen LogP contribution in [0.3, 0.4) is 0 Å². The molecule has 0 bridgehead atoms. The first-order chi connectivity index (χ1) is 10.1. The lowest BCUT2D eigenvalue weighted by Gasteiger charge is -2.06. The number of benzene rings is 1. The lowest BCUT2D eigenvalue weighted by atomic mass is 10.1. The smallest absolute Gasteiger partial charge is 0.248 e. The third kappa shape index (κ3) is 7.49. The molecule has 116 valence electrons. The summed E-state index contributed by atoms with van der Waals surface area (Å²) in [4.78, 5) is 22.8. The first-order valence-electron chi connectivity index (χ1n) is 7.79. The molecule has 0 unspecified atom stereocenters.